The largest absolute Gasteiger partial charge is 0.496 e. The third-order valence-electron chi connectivity index (χ3n) is 4.87. The van der Waals surface area contributed by atoms with Gasteiger partial charge in [0.15, 0.2) is 0 Å². The molecular weight excluding hydrogens is 307 g/mol. The zero-order valence-electron chi connectivity index (χ0n) is 12.4. The summed E-state index contributed by atoms with van der Waals surface area (Å²) in [5.41, 5.74) is 7.46. The highest BCUT2D eigenvalue weighted by Crippen LogP contribution is 2.36. The molecule has 3 atom stereocenters. The maximum Gasteiger partial charge on any atom is 0.123 e. The van der Waals surface area contributed by atoms with E-state index in [0.717, 1.165) is 36.3 Å². The van der Waals surface area contributed by atoms with Gasteiger partial charge in [-0.3, -0.25) is 4.90 Å². The van der Waals surface area contributed by atoms with Gasteiger partial charge in [-0.2, -0.15) is 0 Å². The summed E-state index contributed by atoms with van der Waals surface area (Å²) in [6.07, 6.45) is 3.81. The van der Waals surface area contributed by atoms with E-state index >= 15 is 0 Å². The van der Waals surface area contributed by atoms with Gasteiger partial charge in [-0.25, -0.2) is 0 Å². The van der Waals surface area contributed by atoms with E-state index in [-0.39, 0.29) is 12.4 Å². The van der Waals surface area contributed by atoms with Crippen LogP contribution in [0.3, 0.4) is 0 Å². The molecule has 3 unspecified atom stereocenters. The minimum absolute atomic E-state index is 0. The lowest BCUT2D eigenvalue weighted by molar-refractivity contribution is 0.259. The van der Waals surface area contributed by atoms with Crippen molar-refractivity contribution in [1.82, 2.24) is 4.90 Å². The number of nitrogens with two attached hydrogens (primary N) is 1. The van der Waals surface area contributed by atoms with Crippen LogP contribution in [0, 0.1) is 11.8 Å². The fourth-order valence-corrected chi connectivity index (χ4v) is 4.04. The molecule has 2 N–H and O–H groups in total. The van der Waals surface area contributed by atoms with Crippen LogP contribution in [0.4, 0.5) is 0 Å². The van der Waals surface area contributed by atoms with Crippen LogP contribution in [0.1, 0.15) is 24.8 Å². The van der Waals surface area contributed by atoms with Crippen LogP contribution in [-0.2, 0) is 6.54 Å². The number of fused-ring (bicyclic) bond motifs is 1. The number of ether oxygens (including phenoxy) is 1. The van der Waals surface area contributed by atoms with E-state index in [0.29, 0.717) is 12.0 Å². The maximum absolute atomic E-state index is 6.28. The molecule has 1 aromatic rings. The van der Waals surface area contributed by atoms with E-state index in [1.807, 2.05) is 18.2 Å². The number of benzene rings is 1. The number of likely N-dealkylation sites (tertiary alicyclic amines) is 1. The SMILES string of the molecule is COc1ccc(Cl)cc1CN1CC2CCCC(N)C2C1.Cl. The van der Waals surface area contributed by atoms with Crippen LogP contribution in [0.25, 0.3) is 0 Å². The maximum atomic E-state index is 6.28. The van der Waals surface area contributed by atoms with Crippen LogP contribution >= 0.6 is 24.0 Å². The second kappa shape index (κ2) is 7.19. The first-order valence-corrected chi connectivity index (χ1v) is 7.85. The first kappa shape index (κ1) is 16.9. The molecule has 3 nitrogen and oxygen atoms in total. The summed E-state index contributed by atoms with van der Waals surface area (Å²) in [5, 5.41) is 0.772. The number of hydrogen-bond donors (Lipinski definition) is 1. The Kier molecular flexibility index (Phi) is 5.78. The fraction of sp³-hybridized carbons (Fsp3) is 0.625. The average Bonchev–Trinajstić information content (AvgIpc) is 2.83. The van der Waals surface area contributed by atoms with Crippen molar-refractivity contribution in [3.63, 3.8) is 0 Å². The summed E-state index contributed by atoms with van der Waals surface area (Å²) < 4.78 is 5.44. The normalized spacial score (nSPS) is 28.8. The average molecular weight is 331 g/mol. The Morgan fingerprint density at radius 2 is 2.14 bits per heavy atom. The van der Waals surface area contributed by atoms with Gasteiger partial charge < -0.3 is 10.5 Å². The monoisotopic (exact) mass is 330 g/mol. The van der Waals surface area contributed by atoms with Crippen molar-refractivity contribution in [3.8, 4) is 5.75 Å². The van der Waals surface area contributed by atoms with Crippen molar-refractivity contribution >= 4 is 24.0 Å². The van der Waals surface area contributed by atoms with Crippen molar-refractivity contribution in [2.75, 3.05) is 20.2 Å². The van der Waals surface area contributed by atoms with Crippen molar-refractivity contribution in [2.24, 2.45) is 17.6 Å². The third-order valence-corrected chi connectivity index (χ3v) is 5.10. The second-order valence-corrected chi connectivity index (χ2v) is 6.61. The Morgan fingerprint density at radius 3 is 2.86 bits per heavy atom. The Bertz CT molecular complexity index is 483. The van der Waals surface area contributed by atoms with Gasteiger partial charge in [-0.1, -0.05) is 18.0 Å². The molecule has 5 heteroatoms. The van der Waals surface area contributed by atoms with Gasteiger partial charge in [0.1, 0.15) is 5.75 Å². The molecule has 0 radical (unpaired) electrons. The molecule has 3 rings (SSSR count). The van der Waals surface area contributed by atoms with E-state index in [2.05, 4.69) is 4.90 Å². The lowest BCUT2D eigenvalue weighted by Crippen LogP contribution is -2.38. The Hall–Kier alpha value is -0.480. The topological polar surface area (TPSA) is 38.5 Å². The van der Waals surface area contributed by atoms with Gasteiger partial charge in [0.2, 0.25) is 0 Å². The third kappa shape index (κ3) is 3.65. The molecule has 1 heterocycles. The number of nitrogens with zero attached hydrogens (tertiary/aromatic N) is 1. The molecule has 1 aromatic carbocycles. The van der Waals surface area contributed by atoms with Crippen molar-refractivity contribution in [2.45, 2.75) is 31.8 Å². The predicted molar refractivity (Wildman–Crippen MR) is 89.3 cm³/mol. The molecule has 2 aliphatic rings. The van der Waals surface area contributed by atoms with E-state index in [1.54, 1.807) is 7.11 Å². The molecular formula is C16H24Cl2N2O. The highest BCUT2D eigenvalue weighted by molar-refractivity contribution is 6.30. The van der Waals surface area contributed by atoms with Gasteiger partial charge in [-0.05, 0) is 42.9 Å². The Balaban J connectivity index is 0.00000161. The predicted octanol–water partition coefficient (Wildman–Crippen LogP) is 3.33. The molecule has 0 amide bonds. The van der Waals surface area contributed by atoms with Crippen molar-refractivity contribution < 1.29 is 4.74 Å². The zero-order chi connectivity index (χ0) is 14.1. The molecule has 118 valence electrons. The van der Waals surface area contributed by atoms with Crippen LogP contribution in [0.2, 0.25) is 5.02 Å². The Morgan fingerprint density at radius 1 is 1.33 bits per heavy atom. The number of hydrogen-bond acceptors (Lipinski definition) is 3. The van der Waals surface area contributed by atoms with Gasteiger partial charge in [-0.15, -0.1) is 12.4 Å². The Labute approximate surface area is 138 Å². The summed E-state index contributed by atoms with van der Waals surface area (Å²) in [7, 11) is 1.71. The standard InChI is InChI=1S/C16H23ClN2O.ClH/c1-20-16-6-5-13(17)7-12(16)9-19-8-11-3-2-4-15(18)14(11)10-19;/h5-7,11,14-15H,2-4,8-10,18H2,1H3;1H. The van der Waals surface area contributed by atoms with Crippen LogP contribution in [-0.4, -0.2) is 31.1 Å². The van der Waals surface area contributed by atoms with E-state index in [4.69, 9.17) is 22.1 Å². The minimum Gasteiger partial charge on any atom is -0.496 e. The number of methoxy groups -OCH3 is 1. The van der Waals surface area contributed by atoms with Gasteiger partial charge in [0, 0.05) is 36.3 Å². The molecule has 0 bridgehead atoms. The van der Waals surface area contributed by atoms with Gasteiger partial charge in [0.25, 0.3) is 0 Å². The molecule has 1 saturated carbocycles. The fourth-order valence-electron chi connectivity index (χ4n) is 3.85. The quantitative estimate of drug-likeness (QED) is 0.923. The summed E-state index contributed by atoms with van der Waals surface area (Å²) in [6.45, 7) is 3.18. The van der Waals surface area contributed by atoms with E-state index in [1.165, 1.54) is 24.8 Å². The molecule has 1 aliphatic heterocycles. The summed E-state index contributed by atoms with van der Waals surface area (Å²) in [5.74, 6) is 2.38. The number of halogens is 2. The molecule has 21 heavy (non-hydrogen) atoms. The molecule has 2 fully saturated rings. The summed E-state index contributed by atoms with van der Waals surface area (Å²) >= 11 is 6.11. The lowest BCUT2D eigenvalue weighted by Gasteiger charge is -2.29. The highest BCUT2D eigenvalue weighted by Gasteiger charge is 2.38. The van der Waals surface area contributed by atoms with Gasteiger partial charge in [0.05, 0.1) is 7.11 Å². The second-order valence-electron chi connectivity index (χ2n) is 6.17. The van der Waals surface area contributed by atoms with Crippen molar-refractivity contribution in [1.29, 1.82) is 0 Å². The highest BCUT2D eigenvalue weighted by atomic mass is 35.5. The smallest absolute Gasteiger partial charge is 0.123 e. The molecule has 1 saturated heterocycles. The number of rotatable bonds is 3. The van der Waals surface area contributed by atoms with Crippen LogP contribution in [0.5, 0.6) is 5.75 Å². The van der Waals surface area contributed by atoms with E-state index in [9.17, 15) is 0 Å². The summed E-state index contributed by atoms with van der Waals surface area (Å²) in [4.78, 5) is 2.51. The van der Waals surface area contributed by atoms with Crippen molar-refractivity contribution in [3.05, 3.63) is 28.8 Å². The van der Waals surface area contributed by atoms with E-state index < -0.39 is 0 Å². The lowest BCUT2D eigenvalue weighted by atomic mass is 9.78. The molecule has 0 spiro atoms. The van der Waals surface area contributed by atoms with Crippen LogP contribution < -0.4 is 10.5 Å². The molecule has 0 aromatic heterocycles. The first-order valence-electron chi connectivity index (χ1n) is 7.47. The first-order chi connectivity index (χ1) is 9.67. The summed E-state index contributed by atoms with van der Waals surface area (Å²) in [6, 6.07) is 6.23. The zero-order valence-corrected chi connectivity index (χ0v) is 14.0. The van der Waals surface area contributed by atoms with Crippen LogP contribution in [0.15, 0.2) is 18.2 Å². The molecule has 1 aliphatic carbocycles. The van der Waals surface area contributed by atoms with Gasteiger partial charge >= 0.3 is 0 Å². The minimum atomic E-state index is 0.